The Morgan fingerprint density at radius 3 is 1.96 bits per heavy atom. The molecule has 0 aromatic heterocycles. The van der Waals surface area contributed by atoms with Crippen LogP contribution in [0.15, 0.2) is 72.3 Å². The summed E-state index contributed by atoms with van der Waals surface area (Å²) in [5.41, 5.74) is 2.18. The summed E-state index contributed by atoms with van der Waals surface area (Å²) >= 11 is 0. The lowest BCUT2D eigenvalue weighted by molar-refractivity contribution is 0.0919. The SMILES string of the molecule is O=C(N[C@@H]1C=C(CCO)[C@H](NC(=O)c2ccccc2)CC1)c1ccccc1. The van der Waals surface area contributed by atoms with Gasteiger partial charge in [0.1, 0.15) is 0 Å². The number of aliphatic hydroxyl groups is 1. The molecule has 0 fully saturated rings. The number of carbonyl (C=O) groups is 2. The highest BCUT2D eigenvalue weighted by atomic mass is 16.3. The van der Waals surface area contributed by atoms with Gasteiger partial charge in [-0.2, -0.15) is 0 Å². The molecule has 3 N–H and O–H groups in total. The second-order valence-electron chi connectivity index (χ2n) is 6.63. The van der Waals surface area contributed by atoms with Crippen LogP contribution in [0.5, 0.6) is 0 Å². The maximum Gasteiger partial charge on any atom is 0.251 e. The first kappa shape index (κ1) is 18.9. The minimum absolute atomic E-state index is 0.00287. The number of hydrogen-bond donors (Lipinski definition) is 3. The van der Waals surface area contributed by atoms with Gasteiger partial charge in [-0.25, -0.2) is 0 Å². The van der Waals surface area contributed by atoms with Crippen molar-refractivity contribution in [2.45, 2.75) is 31.3 Å². The summed E-state index contributed by atoms with van der Waals surface area (Å²) in [6, 6.07) is 17.9. The molecular formula is C22H24N2O3. The lowest BCUT2D eigenvalue weighted by Gasteiger charge is -2.30. The van der Waals surface area contributed by atoms with Gasteiger partial charge in [0, 0.05) is 23.8 Å². The Labute approximate surface area is 159 Å². The molecule has 0 bridgehead atoms. The molecule has 0 saturated heterocycles. The van der Waals surface area contributed by atoms with Gasteiger partial charge >= 0.3 is 0 Å². The molecule has 140 valence electrons. The molecule has 2 aromatic carbocycles. The highest BCUT2D eigenvalue weighted by molar-refractivity contribution is 5.95. The van der Waals surface area contributed by atoms with Crippen molar-refractivity contribution in [3.05, 3.63) is 83.4 Å². The second-order valence-corrected chi connectivity index (χ2v) is 6.63. The third-order valence-corrected chi connectivity index (χ3v) is 4.72. The molecule has 5 nitrogen and oxygen atoms in total. The molecule has 2 amide bonds. The van der Waals surface area contributed by atoms with Crippen LogP contribution in [-0.4, -0.2) is 35.6 Å². The van der Waals surface area contributed by atoms with Gasteiger partial charge < -0.3 is 15.7 Å². The van der Waals surface area contributed by atoms with Crippen molar-refractivity contribution < 1.29 is 14.7 Å². The van der Waals surface area contributed by atoms with Crippen LogP contribution in [-0.2, 0) is 0 Å². The Kier molecular flexibility index (Phi) is 6.39. The van der Waals surface area contributed by atoms with Crippen LogP contribution in [0.3, 0.4) is 0 Å². The van der Waals surface area contributed by atoms with Crippen molar-refractivity contribution in [2.24, 2.45) is 0 Å². The Balaban J connectivity index is 1.67. The number of carbonyl (C=O) groups excluding carboxylic acids is 2. The first-order valence-electron chi connectivity index (χ1n) is 9.20. The standard InChI is InChI=1S/C22H24N2O3/c25-14-13-18-15-19(23-21(26)16-7-3-1-4-8-16)11-12-20(18)24-22(27)17-9-5-2-6-10-17/h1-10,15,19-20,25H,11-14H2,(H,23,26)(H,24,27)/t19-,20+/m0/s1. The number of benzene rings is 2. The van der Waals surface area contributed by atoms with E-state index in [1.54, 1.807) is 24.3 Å². The highest BCUT2D eigenvalue weighted by Gasteiger charge is 2.25. The average molecular weight is 364 g/mol. The van der Waals surface area contributed by atoms with Gasteiger partial charge in [0.2, 0.25) is 0 Å². The monoisotopic (exact) mass is 364 g/mol. The van der Waals surface area contributed by atoms with E-state index in [9.17, 15) is 14.7 Å². The number of nitrogens with one attached hydrogen (secondary N) is 2. The molecule has 0 unspecified atom stereocenters. The van der Waals surface area contributed by atoms with E-state index >= 15 is 0 Å². The summed E-state index contributed by atoms with van der Waals surface area (Å²) in [6.07, 6.45) is 3.88. The molecule has 5 heteroatoms. The Bertz CT molecular complexity index is 803. The van der Waals surface area contributed by atoms with Gasteiger partial charge in [0.15, 0.2) is 0 Å². The van der Waals surface area contributed by atoms with E-state index in [2.05, 4.69) is 10.6 Å². The van der Waals surface area contributed by atoms with E-state index in [1.807, 2.05) is 42.5 Å². The van der Waals surface area contributed by atoms with Gasteiger partial charge in [-0.3, -0.25) is 9.59 Å². The quantitative estimate of drug-likeness (QED) is 0.690. The fourth-order valence-electron chi connectivity index (χ4n) is 3.33. The molecule has 0 radical (unpaired) electrons. The zero-order valence-corrected chi connectivity index (χ0v) is 15.1. The van der Waals surface area contributed by atoms with Gasteiger partial charge in [0.25, 0.3) is 11.8 Å². The smallest absolute Gasteiger partial charge is 0.251 e. The summed E-state index contributed by atoms with van der Waals surface area (Å²) in [7, 11) is 0. The predicted octanol–water partition coefficient (Wildman–Crippen LogP) is 2.69. The zero-order valence-electron chi connectivity index (χ0n) is 15.1. The molecule has 1 aliphatic rings. The molecule has 1 aliphatic carbocycles. The zero-order chi connectivity index (χ0) is 19.1. The minimum Gasteiger partial charge on any atom is -0.396 e. The van der Waals surface area contributed by atoms with Gasteiger partial charge in [-0.15, -0.1) is 0 Å². The topological polar surface area (TPSA) is 78.4 Å². The fraction of sp³-hybridized carbons (Fsp3) is 0.273. The van der Waals surface area contributed by atoms with E-state index in [-0.39, 0.29) is 30.5 Å². The highest BCUT2D eigenvalue weighted by Crippen LogP contribution is 2.22. The summed E-state index contributed by atoms with van der Waals surface area (Å²) < 4.78 is 0. The molecule has 2 atom stereocenters. The van der Waals surface area contributed by atoms with Gasteiger partial charge in [0.05, 0.1) is 6.04 Å². The summed E-state index contributed by atoms with van der Waals surface area (Å²) in [5.74, 6) is -0.247. The van der Waals surface area contributed by atoms with E-state index in [1.165, 1.54) is 0 Å². The number of amides is 2. The number of rotatable bonds is 6. The van der Waals surface area contributed by atoms with Gasteiger partial charge in [-0.1, -0.05) is 42.5 Å². The molecule has 0 spiro atoms. The van der Waals surface area contributed by atoms with Crippen molar-refractivity contribution in [3.8, 4) is 0 Å². The normalized spacial score (nSPS) is 19.1. The molecular weight excluding hydrogens is 340 g/mol. The summed E-state index contributed by atoms with van der Waals surface area (Å²) in [5, 5.41) is 15.5. The Morgan fingerprint density at radius 2 is 1.41 bits per heavy atom. The van der Waals surface area contributed by atoms with Crippen LogP contribution in [0.1, 0.15) is 40.0 Å². The first-order chi connectivity index (χ1) is 13.2. The van der Waals surface area contributed by atoms with Crippen LogP contribution in [0.2, 0.25) is 0 Å². The number of hydrogen-bond acceptors (Lipinski definition) is 3. The van der Waals surface area contributed by atoms with Crippen molar-refractivity contribution >= 4 is 11.8 Å². The van der Waals surface area contributed by atoms with Crippen molar-refractivity contribution in [3.63, 3.8) is 0 Å². The van der Waals surface area contributed by atoms with E-state index in [4.69, 9.17) is 0 Å². The minimum atomic E-state index is -0.130. The molecule has 0 saturated carbocycles. The third-order valence-electron chi connectivity index (χ3n) is 4.72. The lowest BCUT2D eigenvalue weighted by Crippen LogP contribution is -2.43. The summed E-state index contributed by atoms with van der Waals surface area (Å²) in [4.78, 5) is 24.8. The van der Waals surface area contributed by atoms with Gasteiger partial charge in [-0.05, 0) is 49.1 Å². The summed E-state index contributed by atoms with van der Waals surface area (Å²) in [6.45, 7) is 0.00287. The molecule has 27 heavy (non-hydrogen) atoms. The second kappa shape index (κ2) is 9.14. The predicted molar refractivity (Wildman–Crippen MR) is 104 cm³/mol. The Morgan fingerprint density at radius 1 is 0.852 bits per heavy atom. The van der Waals surface area contributed by atoms with Crippen molar-refractivity contribution in [1.29, 1.82) is 0 Å². The van der Waals surface area contributed by atoms with Crippen LogP contribution in [0.4, 0.5) is 0 Å². The molecule has 0 heterocycles. The third kappa shape index (κ3) is 5.05. The molecule has 2 aromatic rings. The van der Waals surface area contributed by atoms with Crippen molar-refractivity contribution in [2.75, 3.05) is 6.61 Å². The van der Waals surface area contributed by atoms with Crippen molar-refractivity contribution in [1.82, 2.24) is 10.6 Å². The maximum absolute atomic E-state index is 12.4. The van der Waals surface area contributed by atoms with E-state index < -0.39 is 0 Å². The van der Waals surface area contributed by atoms with Crippen LogP contribution < -0.4 is 10.6 Å². The average Bonchev–Trinajstić information content (AvgIpc) is 2.71. The van der Waals surface area contributed by atoms with Crippen LogP contribution >= 0.6 is 0 Å². The Hall–Kier alpha value is -2.92. The molecule has 0 aliphatic heterocycles. The first-order valence-corrected chi connectivity index (χ1v) is 9.20. The fourth-order valence-corrected chi connectivity index (χ4v) is 3.33. The maximum atomic E-state index is 12.4. The van der Waals surface area contributed by atoms with Crippen LogP contribution in [0, 0.1) is 0 Å². The van der Waals surface area contributed by atoms with E-state index in [0.717, 1.165) is 12.0 Å². The van der Waals surface area contributed by atoms with Crippen LogP contribution in [0.25, 0.3) is 0 Å². The van der Waals surface area contributed by atoms with E-state index in [0.29, 0.717) is 24.0 Å². The molecule has 3 rings (SSSR count). The lowest BCUT2D eigenvalue weighted by atomic mass is 9.88. The number of aliphatic hydroxyl groups excluding tert-OH is 1. The largest absolute Gasteiger partial charge is 0.396 e.